The van der Waals surface area contributed by atoms with Gasteiger partial charge in [-0.15, -0.1) is 11.3 Å². The van der Waals surface area contributed by atoms with Gasteiger partial charge in [-0.05, 0) is 42.3 Å². The molecule has 2 aromatic rings. The minimum atomic E-state index is -0.496. The first-order valence-electron chi connectivity index (χ1n) is 9.89. The molecule has 2 aliphatic rings. The lowest BCUT2D eigenvalue weighted by Gasteiger charge is -2.52. The number of hydrogen-bond donors (Lipinski definition) is 0. The highest BCUT2D eigenvalue weighted by Crippen LogP contribution is 2.35. The van der Waals surface area contributed by atoms with Gasteiger partial charge in [0, 0.05) is 39.8 Å². The molecule has 0 unspecified atom stereocenters. The monoisotopic (exact) mass is 397 g/mol. The summed E-state index contributed by atoms with van der Waals surface area (Å²) in [6.45, 7) is 5.64. The topological polar surface area (TPSA) is 43.9 Å². The van der Waals surface area contributed by atoms with Crippen LogP contribution in [-0.2, 0) is 11.3 Å². The van der Waals surface area contributed by atoms with Crippen LogP contribution in [0.2, 0.25) is 0 Å². The fourth-order valence-electron chi connectivity index (χ4n) is 4.46. The molecule has 5 nitrogen and oxygen atoms in total. The molecular formula is C22H27N3O2S. The fraction of sp³-hybridized carbons (Fsp3) is 0.455. The number of likely N-dealkylation sites (N-methyl/N-ethyl adjacent to an activating group) is 1. The molecule has 3 heterocycles. The van der Waals surface area contributed by atoms with E-state index in [-0.39, 0.29) is 11.8 Å². The summed E-state index contributed by atoms with van der Waals surface area (Å²) in [4.78, 5) is 33.1. The molecule has 2 saturated heterocycles. The zero-order chi connectivity index (χ0) is 19.7. The highest BCUT2D eigenvalue weighted by atomic mass is 32.1. The Kier molecular flexibility index (Phi) is 5.25. The Bertz CT molecular complexity index is 856. The Morgan fingerprint density at radius 3 is 2.43 bits per heavy atom. The molecular weight excluding hydrogens is 370 g/mol. The summed E-state index contributed by atoms with van der Waals surface area (Å²) in [5.41, 5.74) is 1.77. The normalized spacial score (nSPS) is 20.0. The number of nitrogens with zero attached hydrogens (tertiary/aromatic N) is 3. The number of benzene rings is 1. The summed E-state index contributed by atoms with van der Waals surface area (Å²) in [7, 11) is 1.90. The highest BCUT2D eigenvalue weighted by molar-refractivity contribution is 7.12. The summed E-state index contributed by atoms with van der Waals surface area (Å²) in [5, 5.41) is 1.97. The second-order valence-electron chi connectivity index (χ2n) is 7.89. The maximum absolute atomic E-state index is 13.2. The van der Waals surface area contributed by atoms with Gasteiger partial charge in [-0.25, -0.2) is 0 Å². The van der Waals surface area contributed by atoms with Crippen molar-refractivity contribution < 1.29 is 9.59 Å². The second kappa shape index (κ2) is 7.68. The van der Waals surface area contributed by atoms with Crippen molar-refractivity contribution in [2.45, 2.75) is 31.8 Å². The van der Waals surface area contributed by atoms with Crippen LogP contribution in [0.25, 0.3) is 0 Å². The van der Waals surface area contributed by atoms with E-state index in [1.54, 1.807) is 0 Å². The third kappa shape index (κ3) is 3.35. The number of rotatable bonds is 3. The molecule has 0 atom stereocenters. The molecule has 0 bridgehead atoms. The Hall–Kier alpha value is -2.18. The van der Waals surface area contributed by atoms with Gasteiger partial charge in [-0.1, -0.05) is 30.3 Å². The minimum absolute atomic E-state index is 0.105. The smallest absolute Gasteiger partial charge is 0.264 e. The summed E-state index contributed by atoms with van der Waals surface area (Å²) >= 11 is 1.50. The van der Waals surface area contributed by atoms with Crippen LogP contribution < -0.4 is 0 Å². The second-order valence-corrected chi connectivity index (χ2v) is 8.81. The standard InChI is InChI=1S/C22H27N3O2S/c1-17-8-15-28-19(17)20(26)24-11-9-22(10-12-24)21(27)23(2)13-14-25(22)16-18-6-4-3-5-7-18/h3-8,15H,9-14,16H2,1-2H3. The highest BCUT2D eigenvalue weighted by Gasteiger charge is 2.50. The van der Waals surface area contributed by atoms with Crippen LogP contribution in [-0.4, -0.2) is 65.3 Å². The van der Waals surface area contributed by atoms with Gasteiger partial charge in [0.25, 0.3) is 5.91 Å². The van der Waals surface area contributed by atoms with Crippen LogP contribution in [0.1, 0.15) is 33.6 Å². The van der Waals surface area contributed by atoms with E-state index in [1.807, 2.05) is 53.4 Å². The molecule has 2 fully saturated rings. The van der Waals surface area contributed by atoms with Gasteiger partial charge >= 0.3 is 0 Å². The van der Waals surface area contributed by atoms with E-state index in [4.69, 9.17) is 0 Å². The van der Waals surface area contributed by atoms with Crippen LogP contribution in [0.5, 0.6) is 0 Å². The molecule has 2 aliphatic heterocycles. The van der Waals surface area contributed by atoms with Crippen molar-refractivity contribution in [1.82, 2.24) is 14.7 Å². The number of hydrogen-bond acceptors (Lipinski definition) is 4. The van der Waals surface area contributed by atoms with Crippen molar-refractivity contribution in [2.24, 2.45) is 0 Å². The Balaban J connectivity index is 1.53. The van der Waals surface area contributed by atoms with Crippen LogP contribution >= 0.6 is 11.3 Å². The lowest BCUT2D eigenvalue weighted by molar-refractivity contribution is -0.154. The molecule has 1 aromatic carbocycles. The SMILES string of the molecule is Cc1ccsc1C(=O)N1CCC2(CC1)C(=O)N(C)CCN2Cc1ccccc1. The predicted molar refractivity (Wildman–Crippen MR) is 111 cm³/mol. The number of carbonyl (C=O) groups is 2. The molecule has 1 aromatic heterocycles. The molecule has 6 heteroatoms. The van der Waals surface area contributed by atoms with Crippen LogP contribution in [0.4, 0.5) is 0 Å². The van der Waals surface area contributed by atoms with Crippen LogP contribution in [0.3, 0.4) is 0 Å². The number of piperazine rings is 1. The number of carbonyl (C=O) groups excluding carboxylic acids is 2. The first kappa shape index (κ1) is 19.2. The predicted octanol–water partition coefficient (Wildman–Crippen LogP) is 3.01. The van der Waals surface area contributed by atoms with Gasteiger partial charge in [-0.3, -0.25) is 14.5 Å². The zero-order valence-corrected chi connectivity index (χ0v) is 17.4. The molecule has 148 valence electrons. The Labute approximate surface area is 170 Å². The number of piperidine rings is 1. The fourth-order valence-corrected chi connectivity index (χ4v) is 5.35. The van der Waals surface area contributed by atoms with E-state index < -0.39 is 5.54 Å². The van der Waals surface area contributed by atoms with Gasteiger partial charge in [0.15, 0.2) is 0 Å². The average molecular weight is 398 g/mol. The van der Waals surface area contributed by atoms with Crippen molar-refractivity contribution in [3.8, 4) is 0 Å². The van der Waals surface area contributed by atoms with E-state index in [2.05, 4.69) is 17.0 Å². The molecule has 0 N–H and O–H groups in total. The van der Waals surface area contributed by atoms with E-state index in [0.717, 1.165) is 30.1 Å². The number of amides is 2. The Morgan fingerprint density at radius 1 is 1.07 bits per heavy atom. The first-order valence-corrected chi connectivity index (χ1v) is 10.8. The number of likely N-dealkylation sites (tertiary alicyclic amines) is 1. The molecule has 0 radical (unpaired) electrons. The van der Waals surface area contributed by atoms with Crippen molar-refractivity contribution in [3.63, 3.8) is 0 Å². The molecule has 2 amide bonds. The van der Waals surface area contributed by atoms with Gasteiger partial charge in [0.05, 0.1) is 4.88 Å². The molecule has 1 spiro atoms. The molecule has 0 aliphatic carbocycles. The summed E-state index contributed by atoms with van der Waals surface area (Å²) in [5.74, 6) is 0.308. The summed E-state index contributed by atoms with van der Waals surface area (Å²) < 4.78 is 0. The third-order valence-electron chi connectivity index (χ3n) is 6.21. The zero-order valence-electron chi connectivity index (χ0n) is 16.6. The summed E-state index contributed by atoms with van der Waals surface area (Å²) in [6.07, 6.45) is 1.39. The lowest BCUT2D eigenvalue weighted by atomic mass is 9.82. The molecule has 28 heavy (non-hydrogen) atoms. The van der Waals surface area contributed by atoms with E-state index >= 15 is 0 Å². The third-order valence-corrected chi connectivity index (χ3v) is 7.21. The average Bonchev–Trinajstić information content (AvgIpc) is 3.15. The molecule has 0 saturated carbocycles. The maximum atomic E-state index is 13.2. The maximum Gasteiger partial charge on any atom is 0.264 e. The lowest BCUT2D eigenvalue weighted by Crippen LogP contribution is -2.68. The number of thiophene rings is 1. The van der Waals surface area contributed by atoms with Crippen LogP contribution in [0.15, 0.2) is 41.8 Å². The quantitative estimate of drug-likeness (QED) is 0.800. The molecule has 4 rings (SSSR count). The van der Waals surface area contributed by atoms with Gasteiger partial charge in [-0.2, -0.15) is 0 Å². The van der Waals surface area contributed by atoms with Crippen LogP contribution in [0, 0.1) is 6.92 Å². The summed E-state index contributed by atoms with van der Waals surface area (Å²) in [6, 6.07) is 12.3. The first-order chi connectivity index (χ1) is 13.5. The van der Waals surface area contributed by atoms with E-state index in [0.29, 0.717) is 25.9 Å². The Morgan fingerprint density at radius 2 is 1.79 bits per heavy atom. The van der Waals surface area contributed by atoms with Gasteiger partial charge < -0.3 is 9.80 Å². The van der Waals surface area contributed by atoms with E-state index in [1.165, 1.54) is 16.9 Å². The largest absolute Gasteiger partial charge is 0.343 e. The van der Waals surface area contributed by atoms with Crippen molar-refractivity contribution in [1.29, 1.82) is 0 Å². The van der Waals surface area contributed by atoms with E-state index in [9.17, 15) is 9.59 Å². The minimum Gasteiger partial charge on any atom is -0.343 e. The number of aryl methyl sites for hydroxylation is 1. The van der Waals surface area contributed by atoms with Gasteiger partial charge in [0.1, 0.15) is 5.54 Å². The van der Waals surface area contributed by atoms with Crippen molar-refractivity contribution >= 4 is 23.2 Å². The van der Waals surface area contributed by atoms with Gasteiger partial charge in [0.2, 0.25) is 5.91 Å². The van der Waals surface area contributed by atoms with Crippen molar-refractivity contribution in [3.05, 3.63) is 57.8 Å². The van der Waals surface area contributed by atoms with Crippen molar-refractivity contribution in [2.75, 3.05) is 33.2 Å².